The van der Waals surface area contributed by atoms with Crippen molar-refractivity contribution in [2.24, 2.45) is 11.8 Å². The van der Waals surface area contributed by atoms with E-state index in [0.717, 1.165) is 81.3 Å². The molecule has 0 aromatic heterocycles. The van der Waals surface area contributed by atoms with Gasteiger partial charge in [0.2, 0.25) is 17.7 Å². The Morgan fingerprint density at radius 2 is 1.09 bits per heavy atom. The third kappa shape index (κ3) is 14.2. The van der Waals surface area contributed by atoms with Crippen LogP contribution in [0, 0.1) is 11.8 Å². The Balaban J connectivity index is 0.000000311. The zero-order valence-corrected chi connectivity index (χ0v) is 47.3. The summed E-state index contributed by atoms with van der Waals surface area (Å²) in [6, 6.07) is 41.3. The maximum absolute atomic E-state index is 14.1. The third-order valence-electron chi connectivity index (χ3n) is 16.7. The van der Waals surface area contributed by atoms with Gasteiger partial charge in [0, 0.05) is 23.5 Å². The van der Waals surface area contributed by atoms with Gasteiger partial charge in [0.05, 0.1) is 25.7 Å². The maximum Gasteiger partial charge on any atom is 0.407 e. The van der Waals surface area contributed by atoms with Gasteiger partial charge in [0.25, 0.3) is 6.47 Å². The molecule has 0 spiro atoms. The average Bonchev–Trinajstić information content (AvgIpc) is 4.36. The fourth-order valence-electron chi connectivity index (χ4n) is 13.2. The second-order valence-electron chi connectivity index (χ2n) is 22.6. The van der Waals surface area contributed by atoms with Crippen molar-refractivity contribution in [1.82, 2.24) is 20.4 Å². The molecule has 2 heterocycles. The number of hydrogen-bond donors (Lipinski definition) is 5. The van der Waals surface area contributed by atoms with Gasteiger partial charge in [0.1, 0.15) is 12.3 Å². The van der Waals surface area contributed by atoms with Gasteiger partial charge in [0.15, 0.2) is 0 Å². The number of fused-ring (bicyclic) bond motifs is 6. The van der Waals surface area contributed by atoms with Crippen LogP contribution in [0.2, 0.25) is 0 Å². The Labute approximate surface area is 467 Å². The molecule has 5 aromatic carbocycles. The Morgan fingerprint density at radius 3 is 1.52 bits per heavy atom. The summed E-state index contributed by atoms with van der Waals surface area (Å²) in [6.45, 7) is 14.3. The van der Waals surface area contributed by atoms with Crippen LogP contribution in [-0.4, -0.2) is 109 Å². The van der Waals surface area contributed by atoms with E-state index in [4.69, 9.17) is 9.90 Å². The topological polar surface area (TPSA) is 186 Å². The highest BCUT2D eigenvalue weighted by Crippen LogP contribution is 2.57. The van der Waals surface area contributed by atoms with Crippen molar-refractivity contribution in [1.29, 1.82) is 0 Å². The number of carbonyl (C=O) groups is 6. The molecule has 11 rings (SSSR count). The van der Waals surface area contributed by atoms with E-state index < -0.39 is 12.1 Å². The number of carbonyl (C=O) groups excluding carboxylic acids is 5. The lowest BCUT2D eigenvalue weighted by Gasteiger charge is -2.34. The molecule has 79 heavy (non-hydrogen) atoms. The van der Waals surface area contributed by atoms with Crippen molar-refractivity contribution in [2.45, 2.75) is 141 Å². The lowest BCUT2D eigenvalue weighted by Crippen LogP contribution is -2.53. The smallest absolute Gasteiger partial charge is 0.407 e. The van der Waals surface area contributed by atoms with Crippen molar-refractivity contribution in [2.75, 3.05) is 43.9 Å². The van der Waals surface area contributed by atoms with Gasteiger partial charge in [-0.1, -0.05) is 132 Å². The molecule has 6 unspecified atom stereocenters. The largest absolute Gasteiger partial charge is 0.483 e. The van der Waals surface area contributed by atoms with Gasteiger partial charge in [-0.15, -0.1) is 0 Å². The van der Waals surface area contributed by atoms with Crippen LogP contribution in [0.25, 0.3) is 22.3 Å². The molecule has 2 saturated carbocycles. The molecule has 2 aliphatic heterocycles. The zero-order chi connectivity index (χ0) is 56.7. The molecule has 6 aliphatic rings. The van der Waals surface area contributed by atoms with Crippen LogP contribution in [0.3, 0.4) is 0 Å². The van der Waals surface area contributed by atoms with Crippen LogP contribution >= 0.6 is 0 Å². The minimum atomic E-state index is -0.551. The zero-order valence-electron chi connectivity index (χ0n) is 47.3. The molecule has 6 atom stereocenters. The van der Waals surface area contributed by atoms with Gasteiger partial charge in [-0.25, -0.2) is 4.79 Å². The number of nitrogens with zero attached hydrogens (tertiary/aromatic N) is 2. The first kappa shape index (κ1) is 59.5. The molecule has 0 radical (unpaired) electrons. The van der Waals surface area contributed by atoms with E-state index in [1.54, 1.807) is 6.92 Å². The molecule has 4 bridgehead atoms. The highest BCUT2D eigenvalue weighted by atomic mass is 16.5. The predicted molar refractivity (Wildman–Crippen MR) is 313 cm³/mol. The van der Waals surface area contributed by atoms with Crippen LogP contribution in [0.4, 0.5) is 16.2 Å². The van der Waals surface area contributed by atoms with Crippen molar-refractivity contribution in [3.63, 3.8) is 0 Å². The Morgan fingerprint density at radius 1 is 0.646 bits per heavy atom. The minimum absolute atomic E-state index is 0.0127. The summed E-state index contributed by atoms with van der Waals surface area (Å²) >= 11 is 0. The summed E-state index contributed by atoms with van der Waals surface area (Å²) in [5.41, 5.74) is 12.3. The normalized spacial score (nSPS) is 21.8. The number of rotatable bonds is 12. The summed E-state index contributed by atoms with van der Waals surface area (Å²) in [5.74, 6) is 0.754. The summed E-state index contributed by atoms with van der Waals surface area (Å²) < 4.78 is 4.44. The molecule has 14 heteroatoms. The first-order chi connectivity index (χ1) is 38.1. The number of amides is 4. The van der Waals surface area contributed by atoms with E-state index in [1.165, 1.54) is 45.4 Å². The molecular weight excluding hydrogens is 993 g/mol. The molecule has 14 nitrogen and oxygen atoms in total. The molecule has 420 valence electrons. The van der Waals surface area contributed by atoms with Crippen molar-refractivity contribution < 1.29 is 38.6 Å². The molecular formula is C65H82N6O8. The second kappa shape index (κ2) is 27.6. The highest BCUT2D eigenvalue weighted by Gasteiger charge is 2.51. The Hall–Kier alpha value is -7.16. The van der Waals surface area contributed by atoms with E-state index in [2.05, 4.69) is 102 Å². The Kier molecular flexibility index (Phi) is 20.8. The van der Waals surface area contributed by atoms with Crippen LogP contribution in [0.15, 0.2) is 121 Å². The molecule has 5 N–H and O–H groups in total. The molecule has 4 aliphatic carbocycles. The molecule has 4 amide bonds. The van der Waals surface area contributed by atoms with Crippen molar-refractivity contribution in [3.05, 3.63) is 144 Å². The maximum atomic E-state index is 14.1. The van der Waals surface area contributed by atoms with Gasteiger partial charge in [-0.2, -0.15) is 0 Å². The van der Waals surface area contributed by atoms with E-state index in [1.807, 2.05) is 96.8 Å². The highest BCUT2D eigenvalue weighted by molar-refractivity contribution is 6.00. The number of anilines is 2. The number of ether oxygens (including phenoxy) is 1. The average molecular weight is 1080 g/mol. The molecule has 4 fully saturated rings. The summed E-state index contributed by atoms with van der Waals surface area (Å²) in [5, 5.41) is 18.9. The number of aldehydes is 1. The number of carboxylic acid groups (broad SMARTS) is 1. The number of piperidine rings is 2. The van der Waals surface area contributed by atoms with Crippen molar-refractivity contribution >= 4 is 47.9 Å². The second-order valence-corrected chi connectivity index (χ2v) is 22.6. The SMILES string of the molecule is CCNCC(=O)N1C2CCC(C2)C1C(=O)Nc1cccc(-c2c3c(c(-c4cccc(NC(=O)C5C6CCC(C6)N5C)c4)c4c2C(C)(C)CC4)C(C)(C)CC3)c1.CCOC(=O)NCC=O.O=CO.c1ccccc1.c1ccccc1. The third-order valence-corrected chi connectivity index (χ3v) is 16.7. The number of hydrogen-bond acceptors (Lipinski definition) is 9. The van der Waals surface area contributed by atoms with Crippen LogP contribution < -0.4 is 21.3 Å². The van der Waals surface area contributed by atoms with Crippen LogP contribution in [-0.2, 0) is 52.4 Å². The predicted octanol–water partition coefficient (Wildman–Crippen LogP) is 10.8. The molecule has 5 aromatic rings. The number of likely N-dealkylation sites (N-methyl/N-ethyl adjacent to an activating group) is 2. The monoisotopic (exact) mass is 1070 g/mol. The Bertz CT molecular complexity index is 2790. The van der Waals surface area contributed by atoms with Gasteiger partial charge >= 0.3 is 6.09 Å². The first-order valence-corrected chi connectivity index (χ1v) is 28.3. The van der Waals surface area contributed by atoms with Crippen LogP contribution in [0.1, 0.15) is 115 Å². The summed E-state index contributed by atoms with van der Waals surface area (Å²) in [7, 11) is 2.12. The quantitative estimate of drug-likeness (QED) is 0.0753. The van der Waals surface area contributed by atoms with Gasteiger partial charge in [-0.05, 0) is 176 Å². The number of nitrogens with one attached hydrogen (secondary N) is 4. The summed E-state index contributed by atoms with van der Waals surface area (Å²) in [6.07, 6.45) is 10.6. The summed E-state index contributed by atoms with van der Waals surface area (Å²) in [4.78, 5) is 73.6. The van der Waals surface area contributed by atoms with Gasteiger partial charge in [-0.3, -0.25) is 24.1 Å². The number of benzene rings is 5. The van der Waals surface area contributed by atoms with E-state index >= 15 is 0 Å². The lowest BCUT2D eigenvalue weighted by atomic mass is 9.73. The number of alkyl carbamates (subject to hydrolysis) is 1. The minimum Gasteiger partial charge on any atom is -0.483 e. The van der Waals surface area contributed by atoms with Crippen molar-refractivity contribution in [3.8, 4) is 22.3 Å². The lowest BCUT2D eigenvalue weighted by molar-refractivity contribution is -0.140. The van der Waals surface area contributed by atoms with E-state index in [0.29, 0.717) is 24.9 Å². The van der Waals surface area contributed by atoms with Crippen LogP contribution in [0.5, 0.6) is 0 Å². The first-order valence-electron chi connectivity index (χ1n) is 28.3. The van der Waals surface area contributed by atoms with E-state index in [9.17, 15) is 24.0 Å². The molecule has 2 saturated heterocycles. The standard InChI is InChI=1S/C47H59N5O3.2C6H6.C5H9NO3.CH2O2/c1-7-48-26-37(53)52-34-17-15-30(25-34)43(52)45(55)50-32-13-9-11-28(23-32)39-36-19-21-46(2,3)40(36)38(35-18-20-47(4,5)41(35)39)27-10-8-12-31(22-27)49-44(54)42-29-14-16-33(24-29)51(42)6;2*1-2-4-6-5-3-1;1-2-9-5(8)6-3-4-7;2-1-3/h8-13,22-23,29-30,33-34,42-43,48H,7,14-21,24-26H2,1-6H3,(H,49,54)(H,50,55);2*1-6H;4H,2-3H2,1H3,(H,6,8);1H,(H,2,3). The van der Waals surface area contributed by atoms with Gasteiger partial charge < -0.3 is 40.8 Å². The fourth-order valence-corrected chi connectivity index (χ4v) is 13.2. The fraction of sp³-hybridized carbons (Fsp3) is 0.446. The van der Waals surface area contributed by atoms with E-state index in [-0.39, 0.29) is 66.1 Å². The number of likely N-dealkylation sites (tertiary alicyclic amines) is 2.